The van der Waals surface area contributed by atoms with Crippen molar-refractivity contribution in [2.45, 2.75) is 25.7 Å². The van der Waals surface area contributed by atoms with Crippen molar-refractivity contribution >= 4 is 11.7 Å². The summed E-state index contributed by atoms with van der Waals surface area (Å²) >= 11 is 0. The second-order valence-electron chi connectivity index (χ2n) is 6.95. The van der Waals surface area contributed by atoms with Crippen LogP contribution in [0.3, 0.4) is 0 Å². The molecule has 4 rings (SSSR count). The van der Waals surface area contributed by atoms with E-state index in [1.807, 2.05) is 14.0 Å². The molecule has 1 aliphatic heterocycles. The van der Waals surface area contributed by atoms with E-state index in [0.29, 0.717) is 30.4 Å². The standard InChI is InChI=1S/C19H21FN6O2/c1-12-16(11-25(2)24-12)21-19(27)26-9-7-14(8-10-26)18-23-22-17(28-18)13-3-5-15(20)6-4-13/h3-6,11,14H,7-10H2,1-2H3,(H,21,27). The Morgan fingerprint density at radius 2 is 1.93 bits per heavy atom. The maximum atomic E-state index is 13.1. The Bertz CT molecular complexity index is 973. The predicted octanol–water partition coefficient (Wildman–Crippen LogP) is 3.33. The molecule has 1 fully saturated rings. The summed E-state index contributed by atoms with van der Waals surface area (Å²) in [6.45, 7) is 3.06. The number of anilines is 1. The van der Waals surface area contributed by atoms with Crippen molar-refractivity contribution in [2.75, 3.05) is 18.4 Å². The molecule has 1 N–H and O–H groups in total. The second kappa shape index (κ2) is 7.41. The third-order valence-electron chi connectivity index (χ3n) is 4.92. The monoisotopic (exact) mass is 384 g/mol. The van der Waals surface area contributed by atoms with Gasteiger partial charge in [-0.05, 0) is 44.0 Å². The van der Waals surface area contributed by atoms with Crippen LogP contribution in [0.15, 0.2) is 34.9 Å². The summed E-state index contributed by atoms with van der Waals surface area (Å²) < 4.78 is 20.5. The fourth-order valence-electron chi connectivity index (χ4n) is 3.35. The number of halogens is 1. The lowest BCUT2D eigenvalue weighted by Crippen LogP contribution is -2.40. The molecule has 0 radical (unpaired) electrons. The van der Waals surface area contributed by atoms with Gasteiger partial charge >= 0.3 is 6.03 Å². The van der Waals surface area contributed by atoms with E-state index in [1.54, 1.807) is 27.9 Å². The maximum absolute atomic E-state index is 13.1. The molecular formula is C19H21FN6O2. The maximum Gasteiger partial charge on any atom is 0.321 e. The molecule has 2 aromatic heterocycles. The fraction of sp³-hybridized carbons (Fsp3) is 0.368. The van der Waals surface area contributed by atoms with E-state index < -0.39 is 0 Å². The Kier molecular flexibility index (Phi) is 4.81. The molecule has 0 aliphatic carbocycles. The predicted molar refractivity (Wildman–Crippen MR) is 100 cm³/mol. The Balaban J connectivity index is 1.36. The minimum absolute atomic E-state index is 0.103. The molecule has 0 bridgehead atoms. The van der Waals surface area contributed by atoms with E-state index >= 15 is 0 Å². The van der Waals surface area contributed by atoms with E-state index in [2.05, 4.69) is 20.6 Å². The number of aromatic nitrogens is 4. The van der Waals surface area contributed by atoms with Gasteiger partial charge < -0.3 is 14.6 Å². The van der Waals surface area contributed by atoms with Crippen LogP contribution in [0.2, 0.25) is 0 Å². The first-order valence-electron chi connectivity index (χ1n) is 9.15. The number of amides is 2. The Labute approximate surface area is 161 Å². The van der Waals surface area contributed by atoms with Crippen LogP contribution in [-0.4, -0.2) is 44.0 Å². The molecule has 1 aromatic carbocycles. The van der Waals surface area contributed by atoms with Gasteiger partial charge in [-0.25, -0.2) is 9.18 Å². The summed E-state index contributed by atoms with van der Waals surface area (Å²) in [5.41, 5.74) is 2.18. The molecule has 3 heterocycles. The smallest absolute Gasteiger partial charge is 0.321 e. The lowest BCUT2D eigenvalue weighted by Gasteiger charge is -2.30. The van der Waals surface area contributed by atoms with Crippen molar-refractivity contribution in [3.8, 4) is 11.5 Å². The van der Waals surface area contributed by atoms with Crippen molar-refractivity contribution < 1.29 is 13.6 Å². The summed E-state index contributed by atoms with van der Waals surface area (Å²) in [5, 5.41) is 15.4. The quantitative estimate of drug-likeness (QED) is 0.748. The molecule has 0 saturated carbocycles. The van der Waals surface area contributed by atoms with Crippen LogP contribution in [0.4, 0.5) is 14.9 Å². The zero-order valence-corrected chi connectivity index (χ0v) is 15.7. The number of benzene rings is 1. The van der Waals surface area contributed by atoms with Gasteiger partial charge in [0.25, 0.3) is 0 Å². The molecule has 146 valence electrons. The highest BCUT2D eigenvalue weighted by Crippen LogP contribution is 2.29. The number of carbonyl (C=O) groups excluding carboxylic acids is 1. The van der Waals surface area contributed by atoms with E-state index in [1.165, 1.54) is 12.1 Å². The summed E-state index contributed by atoms with van der Waals surface area (Å²) in [6.07, 6.45) is 3.27. The summed E-state index contributed by atoms with van der Waals surface area (Å²) in [6, 6.07) is 5.81. The number of rotatable bonds is 3. The van der Waals surface area contributed by atoms with Gasteiger partial charge in [-0.3, -0.25) is 4.68 Å². The molecule has 28 heavy (non-hydrogen) atoms. The van der Waals surface area contributed by atoms with Crippen LogP contribution in [0, 0.1) is 12.7 Å². The molecule has 0 spiro atoms. The van der Waals surface area contributed by atoms with Crippen LogP contribution in [0.25, 0.3) is 11.5 Å². The summed E-state index contributed by atoms with van der Waals surface area (Å²) in [5.74, 6) is 0.728. The molecule has 3 aromatic rings. The van der Waals surface area contributed by atoms with Gasteiger partial charge in [-0.2, -0.15) is 5.10 Å². The van der Waals surface area contributed by atoms with Gasteiger partial charge in [0.15, 0.2) is 0 Å². The van der Waals surface area contributed by atoms with Crippen LogP contribution < -0.4 is 5.32 Å². The van der Waals surface area contributed by atoms with Gasteiger partial charge in [-0.1, -0.05) is 0 Å². The molecular weight excluding hydrogens is 363 g/mol. The lowest BCUT2D eigenvalue weighted by molar-refractivity contribution is 0.190. The first kappa shape index (κ1) is 18.1. The number of carbonyl (C=O) groups is 1. The number of nitrogens with one attached hydrogen (secondary N) is 1. The molecule has 1 saturated heterocycles. The SMILES string of the molecule is Cc1nn(C)cc1NC(=O)N1CCC(c2nnc(-c3ccc(F)cc3)o2)CC1. The molecule has 8 nitrogen and oxygen atoms in total. The minimum atomic E-state index is -0.310. The number of hydrogen-bond acceptors (Lipinski definition) is 5. The van der Waals surface area contributed by atoms with Crippen LogP contribution in [0.5, 0.6) is 0 Å². The Morgan fingerprint density at radius 3 is 2.57 bits per heavy atom. The molecule has 9 heteroatoms. The Hall–Kier alpha value is -3.23. The fourth-order valence-corrected chi connectivity index (χ4v) is 3.35. The molecule has 0 unspecified atom stereocenters. The zero-order chi connectivity index (χ0) is 19.7. The van der Waals surface area contributed by atoms with E-state index in [9.17, 15) is 9.18 Å². The van der Waals surface area contributed by atoms with Gasteiger partial charge in [0.2, 0.25) is 11.8 Å². The minimum Gasteiger partial charge on any atom is -0.420 e. The van der Waals surface area contributed by atoms with Gasteiger partial charge in [0, 0.05) is 37.8 Å². The van der Waals surface area contributed by atoms with Crippen LogP contribution in [-0.2, 0) is 7.05 Å². The average Bonchev–Trinajstić information content (AvgIpc) is 3.29. The highest BCUT2D eigenvalue weighted by molar-refractivity contribution is 5.89. The molecule has 2 amide bonds. The number of aryl methyl sites for hydroxylation is 2. The highest BCUT2D eigenvalue weighted by atomic mass is 19.1. The zero-order valence-electron chi connectivity index (χ0n) is 15.7. The average molecular weight is 384 g/mol. The van der Waals surface area contributed by atoms with E-state index in [0.717, 1.165) is 24.2 Å². The summed E-state index contributed by atoms with van der Waals surface area (Å²) in [7, 11) is 1.82. The molecule has 1 aliphatic rings. The number of urea groups is 1. The number of likely N-dealkylation sites (tertiary alicyclic amines) is 1. The van der Waals surface area contributed by atoms with Crippen molar-refractivity contribution in [1.29, 1.82) is 0 Å². The number of nitrogens with zero attached hydrogens (tertiary/aromatic N) is 5. The van der Waals surface area contributed by atoms with Gasteiger partial charge in [0.05, 0.1) is 11.4 Å². The number of hydrogen-bond donors (Lipinski definition) is 1. The van der Waals surface area contributed by atoms with E-state index in [4.69, 9.17) is 4.42 Å². The van der Waals surface area contributed by atoms with E-state index in [-0.39, 0.29) is 17.8 Å². The molecule has 0 atom stereocenters. The topological polar surface area (TPSA) is 89.1 Å². The largest absolute Gasteiger partial charge is 0.420 e. The van der Waals surface area contributed by atoms with Crippen molar-refractivity contribution in [1.82, 2.24) is 24.9 Å². The third kappa shape index (κ3) is 3.73. The third-order valence-corrected chi connectivity index (χ3v) is 4.92. The van der Waals surface area contributed by atoms with Gasteiger partial charge in [0.1, 0.15) is 5.82 Å². The Morgan fingerprint density at radius 1 is 1.21 bits per heavy atom. The van der Waals surface area contributed by atoms with Crippen molar-refractivity contribution in [2.24, 2.45) is 7.05 Å². The second-order valence-corrected chi connectivity index (χ2v) is 6.95. The van der Waals surface area contributed by atoms with Gasteiger partial charge in [-0.15, -0.1) is 10.2 Å². The first-order valence-corrected chi connectivity index (χ1v) is 9.15. The van der Waals surface area contributed by atoms with Crippen LogP contribution in [0.1, 0.15) is 30.3 Å². The number of piperidine rings is 1. The van der Waals surface area contributed by atoms with Crippen molar-refractivity contribution in [3.05, 3.63) is 47.9 Å². The summed E-state index contributed by atoms with van der Waals surface area (Å²) in [4.78, 5) is 14.3. The lowest BCUT2D eigenvalue weighted by atomic mass is 9.97. The van der Waals surface area contributed by atoms with Crippen LogP contribution >= 0.6 is 0 Å². The highest BCUT2D eigenvalue weighted by Gasteiger charge is 2.28. The first-order chi connectivity index (χ1) is 13.5. The van der Waals surface area contributed by atoms with Crippen molar-refractivity contribution in [3.63, 3.8) is 0 Å². The normalized spacial score (nSPS) is 15.0.